The van der Waals surface area contributed by atoms with Crippen molar-refractivity contribution >= 4 is 5.91 Å². The van der Waals surface area contributed by atoms with Gasteiger partial charge in [-0.25, -0.2) is 0 Å². The summed E-state index contributed by atoms with van der Waals surface area (Å²) in [4.78, 5) is 17.5. The van der Waals surface area contributed by atoms with Gasteiger partial charge in [0, 0.05) is 44.8 Å². The van der Waals surface area contributed by atoms with E-state index in [-0.39, 0.29) is 18.0 Å². The number of likely N-dealkylation sites (tertiary alicyclic amines) is 1. The lowest BCUT2D eigenvalue weighted by Crippen LogP contribution is -2.43. The molecule has 0 aromatic heterocycles. The standard InChI is InChI=1S/C35H51N3O5/c1-6-19-36-35(28-8-7-9-28)32-22-29(23-37(32)24-30(40)14-10-26-11-15-31(41-3)16-12-26)38(25(2)39)20-18-27-13-17-33(42-4)34(21-27)43-5/h11-13,15-17,21,29-30,32,36,40H,6-10,14,18-20,22-24H2,1-5H3. The van der Waals surface area contributed by atoms with Crippen LogP contribution in [-0.2, 0) is 17.6 Å². The minimum atomic E-state index is -0.459. The van der Waals surface area contributed by atoms with Gasteiger partial charge in [0.2, 0.25) is 5.91 Å². The number of benzene rings is 2. The van der Waals surface area contributed by atoms with Crippen LogP contribution in [0.2, 0.25) is 0 Å². The summed E-state index contributed by atoms with van der Waals surface area (Å²) in [5.41, 5.74) is 5.14. The summed E-state index contributed by atoms with van der Waals surface area (Å²) >= 11 is 0. The number of amides is 1. The van der Waals surface area contributed by atoms with Crippen LogP contribution in [0.3, 0.4) is 0 Å². The Morgan fingerprint density at radius 2 is 1.74 bits per heavy atom. The van der Waals surface area contributed by atoms with Gasteiger partial charge >= 0.3 is 0 Å². The molecule has 236 valence electrons. The monoisotopic (exact) mass is 593 g/mol. The molecule has 0 bridgehead atoms. The van der Waals surface area contributed by atoms with E-state index in [1.807, 2.05) is 35.2 Å². The number of nitrogens with one attached hydrogen (secondary N) is 1. The van der Waals surface area contributed by atoms with Gasteiger partial charge in [-0.2, -0.15) is 0 Å². The molecule has 3 atom stereocenters. The first-order chi connectivity index (χ1) is 20.9. The molecule has 3 unspecified atom stereocenters. The van der Waals surface area contributed by atoms with E-state index in [1.54, 1.807) is 28.3 Å². The number of hydrogen-bond acceptors (Lipinski definition) is 7. The third-order valence-corrected chi connectivity index (χ3v) is 8.92. The predicted molar refractivity (Wildman–Crippen MR) is 171 cm³/mol. The second-order valence-corrected chi connectivity index (χ2v) is 11.8. The number of aliphatic hydroxyl groups excluding tert-OH is 1. The van der Waals surface area contributed by atoms with Crippen molar-refractivity contribution < 1.29 is 24.1 Å². The Balaban J connectivity index is 1.48. The lowest BCUT2D eigenvalue weighted by atomic mass is 9.87. The van der Waals surface area contributed by atoms with Crippen molar-refractivity contribution in [2.24, 2.45) is 0 Å². The molecule has 1 saturated carbocycles. The van der Waals surface area contributed by atoms with Gasteiger partial charge in [0.05, 0.1) is 33.5 Å². The number of carbonyl (C=O) groups excluding carboxylic acids is 1. The smallest absolute Gasteiger partial charge is 0.219 e. The maximum Gasteiger partial charge on any atom is 0.219 e. The van der Waals surface area contributed by atoms with E-state index >= 15 is 0 Å². The molecule has 1 saturated heterocycles. The van der Waals surface area contributed by atoms with Crippen molar-refractivity contribution in [3.8, 4) is 17.2 Å². The Bertz CT molecular complexity index is 1210. The first-order valence-corrected chi connectivity index (χ1v) is 15.9. The Kier molecular flexibility index (Phi) is 12.2. The summed E-state index contributed by atoms with van der Waals surface area (Å²) in [5, 5.41) is 15.0. The number of methoxy groups -OCH3 is 3. The van der Waals surface area contributed by atoms with Gasteiger partial charge in [-0.3, -0.25) is 9.69 Å². The zero-order valence-electron chi connectivity index (χ0n) is 26.7. The molecule has 0 radical (unpaired) electrons. The molecule has 8 nitrogen and oxygen atoms in total. The van der Waals surface area contributed by atoms with Crippen LogP contribution in [0.25, 0.3) is 0 Å². The van der Waals surface area contributed by atoms with Crippen LogP contribution in [-0.4, -0.2) is 86.5 Å². The number of hydrogen-bond donors (Lipinski definition) is 2. The van der Waals surface area contributed by atoms with Crippen LogP contribution in [0.1, 0.15) is 63.5 Å². The molecular weight excluding hydrogens is 542 g/mol. The number of allylic oxidation sites excluding steroid dienone is 1. The maximum atomic E-state index is 13.0. The number of rotatable bonds is 16. The molecule has 0 spiro atoms. The molecular formula is C35H51N3O5. The average Bonchev–Trinajstić information content (AvgIpc) is 3.39. The largest absolute Gasteiger partial charge is 0.497 e. The third-order valence-electron chi connectivity index (χ3n) is 8.92. The Labute approximate surface area is 258 Å². The molecule has 43 heavy (non-hydrogen) atoms. The van der Waals surface area contributed by atoms with Crippen LogP contribution in [0.15, 0.2) is 53.7 Å². The topological polar surface area (TPSA) is 83.5 Å². The van der Waals surface area contributed by atoms with E-state index in [0.717, 1.165) is 62.9 Å². The molecule has 1 aliphatic heterocycles. The zero-order chi connectivity index (χ0) is 30.8. The fourth-order valence-corrected chi connectivity index (χ4v) is 6.34. The number of ether oxygens (including phenoxy) is 3. The molecule has 1 aliphatic carbocycles. The van der Waals surface area contributed by atoms with Gasteiger partial charge in [-0.1, -0.05) is 25.1 Å². The molecule has 2 aromatic rings. The lowest BCUT2D eigenvalue weighted by molar-refractivity contribution is -0.130. The van der Waals surface area contributed by atoms with Gasteiger partial charge < -0.3 is 29.5 Å². The Morgan fingerprint density at radius 1 is 1.02 bits per heavy atom. The number of carbonyl (C=O) groups is 1. The zero-order valence-corrected chi connectivity index (χ0v) is 26.7. The SMILES string of the molecule is CCCNC(=C1CCC1)C1CC(N(CCc2ccc(OC)c(OC)c2)C(C)=O)CN1CC(O)CCc1ccc(OC)cc1. The van der Waals surface area contributed by atoms with Gasteiger partial charge in [-0.05, 0) is 92.3 Å². The van der Waals surface area contributed by atoms with Crippen LogP contribution in [0.5, 0.6) is 17.2 Å². The summed E-state index contributed by atoms with van der Waals surface area (Å²) in [6, 6.07) is 14.3. The molecule has 1 amide bonds. The van der Waals surface area contributed by atoms with Gasteiger partial charge in [0.1, 0.15) is 5.75 Å². The second-order valence-electron chi connectivity index (χ2n) is 11.8. The molecule has 2 aliphatic rings. The number of aryl methyl sites for hydroxylation is 1. The molecule has 8 heteroatoms. The normalized spacial score (nSPS) is 19.0. The van der Waals surface area contributed by atoms with E-state index in [0.29, 0.717) is 31.0 Å². The van der Waals surface area contributed by atoms with E-state index in [1.165, 1.54) is 23.3 Å². The highest BCUT2D eigenvalue weighted by Crippen LogP contribution is 2.35. The summed E-state index contributed by atoms with van der Waals surface area (Å²) in [6.07, 6.45) is 7.19. The fourth-order valence-electron chi connectivity index (χ4n) is 6.34. The van der Waals surface area contributed by atoms with E-state index in [9.17, 15) is 9.90 Å². The van der Waals surface area contributed by atoms with E-state index in [2.05, 4.69) is 29.3 Å². The maximum absolute atomic E-state index is 13.0. The van der Waals surface area contributed by atoms with Gasteiger partial charge in [0.25, 0.3) is 0 Å². The van der Waals surface area contributed by atoms with Crippen LogP contribution in [0.4, 0.5) is 0 Å². The van der Waals surface area contributed by atoms with Crippen molar-refractivity contribution in [2.45, 2.75) is 83.4 Å². The summed E-state index contributed by atoms with van der Waals surface area (Å²) in [7, 11) is 4.95. The van der Waals surface area contributed by atoms with Crippen molar-refractivity contribution in [1.82, 2.24) is 15.1 Å². The second kappa shape index (κ2) is 16.0. The molecule has 2 fully saturated rings. The van der Waals surface area contributed by atoms with Gasteiger partial charge in [-0.15, -0.1) is 0 Å². The number of nitrogens with zero attached hydrogens (tertiary/aromatic N) is 2. The molecule has 2 aromatic carbocycles. The third kappa shape index (κ3) is 8.67. The van der Waals surface area contributed by atoms with Crippen molar-refractivity contribution in [3.05, 3.63) is 64.9 Å². The fraction of sp³-hybridized carbons (Fsp3) is 0.571. The minimum absolute atomic E-state index is 0.0792. The van der Waals surface area contributed by atoms with Crippen molar-refractivity contribution in [3.63, 3.8) is 0 Å². The summed E-state index contributed by atoms with van der Waals surface area (Å²) in [5.74, 6) is 2.33. The highest BCUT2D eigenvalue weighted by atomic mass is 16.5. The Hall–Kier alpha value is -3.23. The molecule has 4 rings (SSSR count). The highest BCUT2D eigenvalue weighted by Gasteiger charge is 2.40. The van der Waals surface area contributed by atoms with Gasteiger partial charge in [0.15, 0.2) is 11.5 Å². The first kappa shape index (κ1) is 32.7. The average molecular weight is 594 g/mol. The van der Waals surface area contributed by atoms with Crippen LogP contribution in [0, 0.1) is 0 Å². The molecule has 1 heterocycles. The quantitative estimate of drug-likeness (QED) is 0.284. The summed E-state index contributed by atoms with van der Waals surface area (Å²) in [6.45, 7) is 6.77. The van der Waals surface area contributed by atoms with Crippen LogP contribution >= 0.6 is 0 Å². The first-order valence-electron chi connectivity index (χ1n) is 15.9. The summed E-state index contributed by atoms with van der Waals surface area (Å²) < 4.78 is 16.2. The number of aliphatic hydroxyl groups is 1. The van der Waals surface area contributed by atoms with Crippen molar-refractivity contribution in [2.75, 3.05) is 47.5 Å². The number of β-amino-alcohol motifs (C(OH)–C–C–N with tert-alkyl or cyclic N) is 1. The van der Waals surface area contributed by atoms with Crippen molar-refractivity contribution in [1.29, 1.82) is 0 Å². The highest BCUT2D eigenvalue weighted by molar-refractivity contribution is 5.73. The lowest BCUT2D eigenvalue weighted by Gasteiger charge is -2.33. The Morgan fingerprint density at radius 3 is 2.35 bits per heavy atom. The minimum Gasteiger partial charge on any atom is -0.497 e. The van der Waals surface area contributed by atoms with E-state index in [4.69, 9.17) is 14.2 Å². The molecule has 2 N–H and O–H groups in total. The predicted octanol–water partition coefficient (Wildman–Crippen LogP) is 4.98. The van der Waals surface area contributed by atoms with E-state index < -0.39 is 6.10 Å². The van der Waals surface area contributed by atoms with Crippen LogP contribution < -0.4 is 19.5 Å².